The largest absolute Gasteiger partial charge is 0.480 e. The van der Waals surface area contributed by atoms with Crippen LogP contribution in [0.1, 0.15) is 13.8 Å². The highest BCUT2D eigenvalue weighted by Gasteiger charge is 2.15. The number of aromatic nitrogens is 2. The Bertz CT molecular complexity index is 409. The minimum atomic E-state index is -0.961. The highest BCUT2D eigenvalue weighted by atomic mass is 16.5. The molecule has 0 saturated carbocycles. The zero-order chi connectivity index (χ0) is 13.0. The summed E-state index contributed by atoms with van der Waals surface area (Å²) in [5.74, 6) is -0.350. The summed E-state index contributed by atoms with van der Waals surface area (Å²) in [6.45, 7) is 3.51. The van der Waals surface area contributed by atoms with Crippen LogP contribution in [0.3, 0.4) is 0 Å². The highest BCUT2D eigenvalue weighted by molar-refractivity contribution is 5.76. The summed E-state index contributed by atoms with van der Waals surface area (Å²) in [6.07, 6.45) is 1.23. The molecule has 0 radical (unpaired) electrons. The molecule has 7 heteroatoms. The molecule has 3 N–H and O–H groups in total. The third kappa shape index (κ3) is 3.47. The van der Waals surface area contributed by atoms with Crippen LogP contribution in [0, 0.1) is 0 Å². The lowest BCUT2D eigenvalue weighted by Gasteiger charge is -2.19. The van der Waals surface area contributed by atoms with Gasteiger partial charge in [0.1, 0.15) is 18.6 Å². The summed E-state index contributed by atoms with van der Waals surface area (Å²) in [6, 6.07) is 0. The van der Waals surface area contributed by atoms with Crippen molar-refractivity contribution in [3.63, 3.8) is 0 Å². The number of hydrogen-bond acceptors (Lipinski definition) is 6. The second kappa shape index (κ2) is 5.33. The zero-order valence-electron chi connectivity index (χ0n) is 10.0. The van der Waals surface area contributed by atoms with Crippen molar-refractivity contribution < 1.29 is 14.6 Å². The second-order valence-corrected chi connectivity index (χ2v) is 3.83. The molecule has 7 nitrogen and oxygen atoms in total. The Morgan fingerprint density at radius 3 is 2.76 bits per heavy atom. The van der Waals surface area contributed by atoms with Gasteiger partial charge in [0.2, 0.25) is 5.88 Å². The van der Waals surface area contributed by atoms with Gasteiger partial charge in [-0.25, -0.2) is 4.98 Å². The van der Waals surface area contributed by atoms with Gasteiger partial charge in [-0.15, -0.1) is 0 Å². The van der Waals surface area contributed by atoms with Gasteiger partial charge < -0.3 is 20.5 Å². The number of hydrogen-bond donors (Lipinski definition) is 2. The Balaban J connectivity index is 2.97. The van der Waals surface area contributed by atoms with Crippen LogP contribution in [0.4, 0.5) is 11.5 Å². The quantitative estimate of drug-likeness (QED) is 0.766. The molecule has 0 saturated heterocycles. The van der Waals surface area contributed by atoms with Gasteiger partial charge in [-0.3, -0.25) is 4.79 Å². The second-order valence-electron chi connectivity index (χ2n) is 3.83. The van der Waals surface area contributed by atoms with Crippen molar-refractivity contribution in [3.05, 3.63) is 6.33 Å². The number of carbonyl (C=O) groups is 1. The average Bonchev–Trinajstić information content (AvgIpc) is 2.19. The predicted molar refractivity (Wildman–Crippen MR) is 63.1 cm³/mol. The van der Waals surface area contributed by atoms with Gasteiger partial charge in [-0.1, -0.05) is 0 Å². The molecule has 0 atom stereocenters. The minimum absolute atomic E-state index is 0.0650. The van der Waals surface area contributed by atoms with Gasteiger partial charge in [-0.05, 0) is 13.8 Å². The van der Waals surface area contributed by atoms with Crippen LogP contribution >= 0.6 is 0 Å². The smallest absolute Gasteiger partial charge is 0.323 e. The van der Waals surface area contributed by atoms with E-state index in [1.165, 1.54) is 11.2 Å². The molecule has 94 valence electrons. The lowest BCUT2D eigenvalue weighted by molar-refractivity contribution is -0.135. The van der Waals surface area contributed by atoms with E-state index in [0.29, 0.717) is 5.82 Å². The Morgan fingerprint density at radius 1 is 1.59 bits per heavy atom. The summed E-state index contributed by atoms with van der Waals surface area (Å²) in [5, 5.41) is 8.69. The molecule has 1 aromatic heterocycles. The van der Waals surface area contributed by atoms with E-state index in [0.717, 1.165) is 0 Å². The molecule has 0 amide bonds. The number of anilines is 2. The molecular formula is C10H16N4O3. The third-order valence-corrected chi connectivity index (χ3v) is 1.91. The van der Waals surface area contributed by atoms with Crippen LogP contribution < -0.4 is 15.4 Å². The maximum absolute atomic E-state index is 10.6. The number of carboxylic acids is 1. The molecule has 17 heavy (non-hydrogen) atoms. The van der Waals surface area contributed by atoms with Gasteiger partial charge >= 0.3 is 5.97 Å². The van der Waals surface area contributed by atoms with E-state index in [1.54, 1.807) is 7.05 Å². The molecule has 0 spiro atoms. The van der Waals surface area contributed by atoms with Gasteiger partial charge in [0, 0.05) is 7.05 Å². The summed E-state index contributed by atoms with van der Waals surface area (Å²) in [5.41, 5.74) is 6.06. The molecular weight excluding hydrogens is 224 g/mol. The third-order valence-electron chi connectivity index (χ3n) is 1.91. The van der Waals surface area contributed by atoms with Crippen molar-refractivity contribution in [2.45, 2.75) is 20.0 Å². The van der Waals surface area contributed by atoms with Crippen molar-refractivity contribution in [2.75, 3.05) is 24.2 Å². The van der Waals surface area contributed by atoms with Crippen LogP contribution in [0.25, 0.3) is 0 Å². The number of nitrogens with two attached hydrogens (primary N) is 1. The van der Waals surface area contributed by atoms with Crippen molar-refractivity contribution in [3.8, 4) is 5.88 Å². The first kappa shape index (κ1) is 13.0. The zero-order valence-corrected chi connectivity index (χ0v) is 10.0. The SMILES string of the molecule is CC(C)Oc1ncnc(N(C)CC(=O)O)c1N. The first-order valence-electron chi connectivity index (χ1n) is 5.12. The van der Waals surface area contributed by atoms with Crippen LogP contribution in [0.5, 0.6) is 5.88 Å². The Hall–Kier alpha value is -2.05. The number of rotatable bonds is 5. The lowest BCUT2D eigenvalue weighted by Crippen LogP contribution is -2.27. The van der Waals surface area contributed by atoms with E-state index in [4.69, 9.17) is 15.6 Å². The molecule has 1 aromatic rings. The van der Waals surface area contributed by atoms with Crippen molar-refractivity contribution in [1.82, 2.24) is 9.97 Å². The first-order chi connectivity index (χ1) is 7.91. The van der Waals surface area contributed by atoms with E-state index in [1.807, 2.05) is 13.8 Å². The topological polar surface area (TPSA) is 102 Å². The van der Waals surface area contributed by atoms with Gasteiger partial charge in [0.05, 0.1) is 6.10 Å². The fraction of sp³-hybridized carbons (Fsp3) is 0.500. The minimum Gasteiger partial charge on any atom is -0.480 e. The normalized spacial score (nSPS) is 10.4. The van der Waals surface area contributed by atoms with Crippen molar-refractivity contribution in [2.24, 2.45) is 0 Å². The molecule has 0 aliphatic rings. The lowest BCUT2D eigenvalue weighted by atomic mass is 10.4. The van der Waals surface area contributed by atoms with Crippen molar-refractivity contribution >= 4 is 17.5 Å². The molecule has 0 aliphatic heterocycles. The van der Waals surface area contributed by atoms with E-state index in [2.05, 4.69) is 9.97 Å². The van der Waals surface area contributed by atoms with Crippen LogP contribution in [0.2, 0.25) is 0 Å². The summed E-state index contributed by atoms with van der Waals surface area (Å²) >= 11 is 0. The number of aliphatic carboxylic acids is 1. The van der Waals surface area contributed by atoms with E-state index < -0.39 is 5.97 Å². The van der Waals surface area contributed by atoms with Gasteiger partial charge in [0.15, 0.2) is 5.82 Å². The number of nitrogens with zero attached hydrogens (tertiary/aromatic N) is 3. The average molecular weight is 240 g/mol. The van der Waals surface area contributed by atoms with E-state index >= 15 is 0 Å². The van der Waals surface area contributed by atoms with Crippen LogP contribution in [-0.2, 0) is 4.79 Å². The molecule has 0 aromatic carbocycles. The molecule has 0 aliphatic carbocycles. The number of nitrogen functional groups attached to an aromatic ring is 1. The summed E-state index contributed by atoms with van der Waals surface area (Å²) in [7, 11) is 1.59. The van der Waals surface area contributed by atoms with E-state index in [-0.39, 0.29) is 24.2 Å². The van der Waals surface area contributed by atoms with E-state index in [9.17, 15) is 4.79 Å². The van der Waals surface area contributed by atoms with Crippen LogP contribution in [0.15, 0.2) is 6.33 Å². The molecule has 0 unspecified atom stereocenters. The molecule has 0 fully saturated rings. The predicted octanol–water partition coefficient (Wildman–Crippen LogP) is 0.367. The van der Waals surface area contributed by atoms with Gasteiger partial charge in [-0.2, -0.15) is 4.98 Å². The summed E-state index contributed by atoms with van der Waals surface area (Å²) < 4.78 is 5.39. The Labute approximate surface area is 99.2 Å². The van der Waals surface area contributed by atoms with Crippen LogP contribution in [-0.4, -0.2) is 40.7 Å². The monoisotopic (exact) mass is 240 g/mol. The Kier molecular flexibility index (Phi) is 4.08. The maximum atomic E-state index is 10.6. The fourth-order valence-electron chi connectivity index (χ4n) is 1.27. The molecule has 1 heterocycles. The van der Waals surface area contributed by atoms with Crippen molar-refractivity contribution in [1.29, 1.82) is 0 Å². The fourth-order valence-corrected chi connectivity index (χ4v) is 1.27. The molecule has 0 bridgehead atoms. The molecule has 1 rings (SSSR count). The number of ether oxygens (including phenoxy) is 1. The number of likely N-dealkylation sites (N-methyl/N-ethyl adjacent to an activating group) is 1. The standard InChI is InChI=1S/C10H16N4O3/c1-6(2)17-10-8(11)9(12-5-13-10)14(3)4-7(15)16/h5-6H,4,11H2,1-3H3,(H,15,16). The number of carboxylic acid groups (broad SMARTS) is 1. The first-order valence-corrected chi connectivity index (χ1v) is 5.12. The Morgan fingerprint density at radius 2 is 2.24 bits per heavy atom. The highest BCUT2D eigenvalue weighted by Crippen LogP contribution is 2.27. The summed E-state index contributed by atoms with van der Waals surface area (Å²) in [4.78, 5) is 19.9. The van der Waals surface area contributed by atoms with Gasteiger partial charge in [0.25, 0.3) is 0 Å². The maximum Gasteiger partial charge on any atom is 0.323 e.